The van der Waals surface area contributed by atoms with E-state index in [0.29, 0.717) is 40.8 Å². The van der Waals surface area contributed by atoms with Gasteiger partial charge in [0.15, 0.2) is 20.0 Å². The van der Waals surface area contributed by atoms with Crippen molar-refractivity contribution in [1.82, 2.24) is 9.97 Å². The standard InChI is InChI=1S/C21H21N3O5S2/c1-13(2)28-16-9-14(20(25)24-21-22-7-8-30-21)10-17(11-16)29-15-3-6-19(23-12-15)31(26,27)18-4-5-18/h3,6-13,18H,4-5H2,1-2H3,(H,22,24,25). The summed E-state index contributed by atoms with van der Waals surface area (Å²) in [5, 5.41) is 4.70. The van der Waals surface area contributed by atoms with Crippen LogP contribution in [0.2, 0.25) is 0 Å². The summed E-state index contributed by atoms with van der Waals surface area (Å²) in [4.78, 5) is 20.8. The van der Waals surface area contributed by atoms with Crippen molar-refractivity contribution in [2.75, 3.05) is 5.32 Å². The summed E-state index contributed by atoms with van der Waals surface area (Å²) in [5.41, 5.74) is 0.337. The van der Waals surface area contributed by atoms with Crippen LogP contribution in [0.1, 0.15) is 37.0 Å². The lowest BCUT2D eigenvalue weighted by Crippen LogP contribution is -2.13. The molecule has 4 rings (SSSR count). The van der Waals surface area contributed by atoms with Gasteiger partial charge in [0, 0.05) is 23.2 Å². The molecule has 2 aromatic heterocycles. The number of carbonyl (C=O) groups excluding carboxylic acids is 1. The molecule has 31 heavy (non-hydrogen) atoms. The van der Waals surface area contributed by atoms with E-state index in [9.17, 15) is 13.2 Å². The Morgan fingerprint density at radius 1 is 1.13 bits per heavy atom. The van der Waals surface area contributed by atoms with E-state index in [4.69, 9.17) is 9.47 Å². The zero-order chi connectivity index (χ0) is 22.0. The maximum Gasteiger partial charge on any atom is 0.257 e. The van der Waals surface area contributed by atoms with Crippen molar-refractivity contribution in [3.05, 3.63) is 53.7 Å². The predicted molar refractivity (Wildman–Crippen MR) is 117 cm³/mol. The molecule has 3 aromatic rings. The second-order valence-corrected chi connectivity index (χ2v) is 10.4. The van der Waals surface area contributed by atoms with Crippen LogP contribution >= 0.6 is 11.3 Å². The molecule has 1 fully saturated rings. The van der Waals surface area contributed by atoms with Gasteiger partial charge in [-0.2, -0.15) is 0 Å². The van der Waals surface area contributed by atoms with Crippen molar-refractivity contribution in [2.24, 2.45) is 0 Å². The van der Waals surface area contributed by atoms with Gasteiger partial charge >= 0.3 is 0 Å². The smallest absolute Gasteiger partial charge is 0.257 e. The largest absolute Gasteiger partial charge is 0.491 e. The molecule has 1 aliphatic carbocycles. The SMILES string of the molecule is CC(C)Oc1cc(Oc2ccc(S(=O)(=O)C3CC3)nc2)cc(C(=O)Nc2nccs2)c1. The fourth-order valence-electron chi connectivity index (χ4n) is 2.84. The molecular weight excluding hydrogens is 438 g/mol. The zero-order valence-corrected chi connectivity index (χ0v) is 18.6. The lowest BCUT2D eigenvalue weighted by molar-refractivity contribution is 0.102. The average Bonchev–Trinajstić information content (AvgIpc) is 3.47. The number of hydrogen-bond acceptors (Lipinski definition) is 8. The summed E-state index contributed by atoms with van der Waals surface area (Å²) in [5.74, 6) is 0.834. The number of hydrogen-bond donors (Lipinski definition) is 1. The molecule has 1 amide bonds. The monoisotopic (exact) mass is 459 g/mol. The van der Waals surface area contributed by atoms with E-state index < -0.39 is 9.84 Å². The van der Waals surface area contributed by atoms with Gasteiger partial charge in [0.25, 0.3) is 5.91 Å². The maximum atomic E-state index is 12.6. The molecule has 162 valence electrons. The summed E-state index contributed by atoms with van der Waals surface area (Å²) < 4.78 is 36.2. The van der Waals surface area contributed by atoms with Crippen LogP contribution in [-0.2, 0) is 9.84 Å². The Morgan fingerprint density at radius 2 is 1.90 bits per heavy atom. The van der Waals surface area contributed by atoms with Gasteiger partial charge in [-0.15, -0.1) is 11.3 Å². The molecule has 0 bridgehead atoms. The fourth-order valence-corrected chi connectivity index (χ4v) is 4.92. The average molecular weight is 460 g/mol. The van der Waals surface area contributed by atoms with Crippen LogP contribution < -0.4 is 14.8 Å². The van der Waals surface area contributed by atoms with Crippen LogP contribution in [0.25, 0.3) is 0 Å². The number of anilines is 1. The van der Waals surface area contributed by atoms with E-state index in [-0.39, 0.29) is 22.3 Å². The van der Waals surface area contributed by atoms with E-state index in [1.807, 2.05) is 13.8 Å². The van der Waals surface area contributed by atoms with Gasteiger partial charge in [0.2, 0.25) is 0 Å². The predicted octanol–water partition coefficient (Wildman–Crippen LogP) is 4.31. The van der Waals surface area contributed by atoms with Gasteiger partial charge in [0.1, 0.15) is 17.2 Å². The third-order valence-electron chi connectivity index (χ3n) is 4.37. The van der Waals surface area contributed by atoms with Crippen molar-refractivity contribution in [2.45, 2.75) is 43.1 Å². The highest BCUT2D eigenvalue weighted by molar-refractivity contribution is 7.92. The number of thiazole rings is 1. The molecule has 0 atom stereocenters. The summed E-state index contributed by atoms with van der Waals surface area (Å²) in [6.45, 7) is 3.76. The van der Waals surface area contributed by atoms with Gasteiger partial charge in [-0.05, 0) is 51.0 Å². The number of carbonyl (C=O) groups is 1. The quantitative estimate of drug-likeness (QED) is 0.535. The molecule has 1 saturated carbocycles. The number of sulfone groups is 1. The molecule has 0 unspecified atom stereocenters. The first-order valence-electron chi connectivity index (χ1n) is 9.71. The number of amides is 1. The van der Waals surface area contributed by atoms with Crippen molar-refractivity contribution in [3.63, 3.8) is 0 Å². The molecule has 8 nitrogen and oxygen atoms in total. The normalized spacial score (nSPS) is 13.8. The minimum atomic E-state index is -3.36. The first kappa shape index (κ1) is 21.3. The number of aromatic nitrogens is 2. The van der Waals surface area contributed by atoms with Gasteiger partial charge in [-0.1, -0.05) is 0 Å². The van der Waals surface area contributed by atoms with Crippen molar-refractivity contribution >= 4 is 32.2 Å². The Morgan fingerprint density at radius 3 is 2.52 bits per heavy atom. The number of rotatable bonds is 8. The second kappa shape index (κ2) is 8.64. The fraction of sp³-hybridized carbons (Fsp3) is 0.286. The lowest BCUT2D eigenvalue weighted by atomic mass is 10.2. The molecular formula is C21H21N3O5S2. The first-order chi connectivity index (χ1) is 14.8. The van der Waals surface area contributed by atoms with Crippen LogP contribution in [0.3, 0.4) is 0 Å². The second-order valence-electron chi connectivity index (χ2n) is 7.33. The van der Waals surface area contributed by atoms with Gasteiger partial charge in [0.05, 0.1) is 17.6 Å². The van der Waals surface area contributed by atoms with Gasteiger partial charge < -0.3 is 9.47 Å². The summed E-state index contributed by atoms with van der Waals surface area (Å²) in [6, 6.07) is 7.85. The van der Waals surface area contributed by atoms with Crippen LogP contribution in [0.5, 0.6) is 17.2 Å². The van der Waals surface area contributed by atoms with E-state index in [2.05, 4.69) is 15.3 Å². The van der Waals surface area contributed by atoms with Crippen LogP contribution in [0.15, 0.2) is 53.1 Å². The molecule has 0 radical (unpaired) electrons. The molecule has 0 saturated heterocycles. The Kier molecular flexibility index (Phi) is 5.92. The van der Waals surface area contributed by atoms with Crippen molar-refractivity contribution < 1.29 is 22.7 Å². The van der Waals surface area contributed by atoms with E-state index in [1.54, 1.807) is 35.8 Å². The topological polar surface area (TPSA) is 107 Å². The zero-order valence-electron chi connectivity index (χ0n) is 16.9. The Balaban J connectivity index is 1.57. The van der Waals surface area contributed by atoms with Crippen molar-refractivity contribution in [3.8, 4) is 17.2 Å². The van der Waals surface area contributed by atoms with Gasteiger partial charge in [-0.25, -0.2) is 18.4 Å². The third-order valence-corrected chi connectivity index (χ3v) is 7.23. The molecule has 1 N–H and O–H groups in total. The minimum Gasteiger partial charge on any atom is -0.491 e. The van der Waals surface area contributed by atoms with Crippen LogP contribution in [-0.4, -0.2) is 35.6 Å². The third kappa shape index (κ3) is 5.20. The van der Waals surface area contributed by atoms with Crippen LogP contribution in [0, 0.1) is 0 Å². The highest BCUT2D eigenvalue weighted by atomic mass is 32.2. The highest BCUT2D eigenvalue weighted by Gasteiger charge is 2.37. The lowest BCUT2D eigenvalue weighted by Gasteiger charge is -2.14. The van der Waals surface area contributed by atoms with Crippen LogP contribution in [0.4, 0.5) is 5.13 Å². The maximum absolute atomic E-state index is 12.6. The molecule has 10 heteroatoms. The Labute approximate surface area is 184 Å². The van der Waals surface area contributed by atoms with E-state index in [1.165, 1.54) is 23.6 Å². The summed E-state index contributed by atoms with van der Waals surface area (Å²) >= 11 is 1.31. The number of nitrogens with one attached hydrogen (secondary N) is 1. The Bertz CT molecular complexity index is 1170. The number of benzene rings is 1. The molecule has 0 aliphatic heterocycles. The number of pyridine rings is 1. The van der Waals surface area contributed by atoms with Gasteiger partial charge in [-0.3, -0.25) is 10.1 Å². The van der Waals surface area contributed by atoms with Crippen molar-refractivity contribution in [1.29, 1.82) is 0 Å². The van der Waals surface area contributed by atoms with E-state index in [0.717, 1.165) is 0 Å². The number of nitrogens with zero attached hydrogens (tertiary/aromatic N) is 2. The highest BCUT2D eigenvalue weighted by Crippen LogP contribution is 2.34. The first-order valence-corrected chi connectivity index (χ1v) is 12.1. The molecule has 1 aliphatic rings. The number of ether oxygens (including phenoxy) is 2. The molecule has 2 heterocycles. The summed E-state index contributed by atoms with van der Waals surface area (Å²) in [7, 11) is -3.36. The minimum absolute atomic E-state index is 0.0442. The van der Waals surface area contributed by atoms with E-state index >= 15 is 0 Å². The molecule has 0 spiro atoms. The Hall–Kier alpha value is -2.98. The molecule has 1 aromatic carbocycles. The summed E-state index contributed by atoms with van der Waals surface area (Å²) in [6.07, 6.45) is 4.22.